The highest BCUT2D eigenvalue weighted by molar-refractivity contribution is 6.46. The summed E-state index contributed by atoms with van der Waals surface area (Å²) in [6, 6.07) is 81.8. The van der Waals surface area contributed by atoms with E-state index in [1.807, 2.05) is 0 Å². The second kappa shape index (κ2) is 12.7. The zero-order valence-corrected chi connectivity index (χ0v) is 33.8. The largest absolute Gasteiger partial charge is 0.0622 e. The van der Waals surface area contributed by atoms with Crippen LogP contribution in [-0.4, -0.2) is 0 Å². The van der Waals surface area contributed by atoms with Gasteiger partial charge in [-0.25, -0.2) is 0 Å². The maximum Gasteiger partial charge on any atom is -0.000718 e. The Kier molecular flexibility index (Phi) is 6.92. The van der Waals surface area contributed by atoms with Crippen molar-refractivity contribution in [2.45, 2.75) is 0 Å². The summed E-state index contributed by atoms with van der Waals surface area (Å²) in [5.74, 6) is 0. The minimum Gasteiger partial charge on any atom is -0.0622 e. The Morgan fingerprint density at radius 2 is 0.597 bits per heavy atom. The Morgan fingerprint density at radius 3 is 1.26 bits per heavy atom. The number of benzene rings is 12. The van der Waals surface area contributed by atoms with Gasteiger partial charge in [0.1, 0.15) is 0 Å². The van der Waals surface area contributed by atoms with Gasteiger partial charge in [-0.3, -0.25) is 0 Å². The van der Waals surface area contributed by atoms with Crippen LogP contribution in [-0.2, 0) is 0 Å². The summed E-state index contributed by atoms with van der Waals surface area (Å²) < 4.78 is 0. The van der Waals surface area contributed by atoms with Gasteiger partial charge in [0.05, 0.1) is 0 Å². The lowest BCUT2D eigenvalue weighted by atomic mass is 9.83. The first kappa shape index (κ1) is 33.7. The van der Waals surface area contributed by atoms with Gasteiger partial charge in [0.25, 0.3) is 0 Å². The van der Waals surface area contributed by atoms with Crippen LogP contribution in [0.3, 0.4) is 0 Å². The molecule has 62 heavy (non-hydrogen) atoms. The third-order valence-corrected chi connectivity index (χ3v) is 13.9. The molecule has 0 spiro atoms. The number of hydrogen-bond donors (Lipinski definition) is 0. The molecular formula is C62H36. The molecule has 0 N–H and O–H groups in total. The monoisotopic (exact) mass is 780 g/mol. The summed E-state index contributed by atoms with van der Waals surface area (Å²) in [5, 5.41) is 23.6. The molecule has 0 fully saturated rings. The Morgan fingerprint density at radius 1 is 0.161 bits per heavy atom. The molecule has 0 aliphatic carbocycles. The molecule has 284 valence electrons. The van der Waals surface area contributed by atoms with Gasteiger partial charge in [-0.15, -0.1) is 0 Å². The van der Waals surface area contributed by atoms with Crippen molar-refractivity contribution in [3.63, 3.8) is 0 Å². The number of hydrogen-bond acceptors (Lipinski definition) is 0. The molecule has 0 saturated carbocycles. The maximum atomic E-state index is 2.55. The van der Waals surface area contributed by atoms with Gasteiger partial charge in [0.15, 0.2) is 0 Å². The van der Waals surface area contributed by atoms with Crippen LogP contribution in [0.4, 0.5) is 0 Å². The van der Waals surface area contributed by atoms with E-state index in [2.05, 4.69) is 218 Å². The minimum atomic E-state index is 1.22. The van der Waals surface area contributed by atoms with E-state index >= 15 is 0 Å². The Bertz CT molecular complexity index is 4090. The first-order valence-corrected chi connectivity index (χ1v) is 21.7. The molecule has 14 rings (SSSR count). The predicted molar refractivity (Wildman–Crippen MR) is 268 cm³/mol. The molecule has 0 aromatic heterocycles. The van der Waals surface area contributed by atoms with E-state index in [1.165, 1.54) is 141 Å². The molecule has 0 nitrogen and oxygen atoms in total. The van der Waals surface area contributed by atoms with Crippen LogP contribution in [0.1, 0.15) is 0 Å². The smallest absolute Gasteiger partial charge is 0.000718 e. The van der Waals surface area contributed by atoms with Gasteiger partial charge >= 0.3 is 0 Å². The summed E-state index contributed by atoms with van der Waals surface area (Å²) in [6.07, 6.45) is 0. The highest BCUT2D eigenvalue weighted by Crippen LogP contribution is 2.55. The third kappa shape index (κ3) is 4.61. The van der Waals surface area contributed by atoms with Gasteiger partial charge in [-0.1, -0.05) is 206 Å². The molecule has 0 bridgehead atoms. The topological polar surface area (TPSA) is 0 Å². The molecule has 0 aliphatic heterocycles. The first-order chi connectivity index (χ1) is 30.8. The van der Waals surface area contributed by atoms with Crippen molar-refractivity contribution >= 4 is 97.0 Å². The average molecular weight is 781 g/mol. The molecule has 0 atom stereocenters. The lowest BCUT2D eigenvalue weighted by molar-refractivity contribution is 1.61. The quantitative estimate of drug-likeness (QED) is 0.156. The summed E-state index contributed by atoms with van der Waals surface area (Å²) in [5.41, 5.74) is 9.94. The fourth-order valence-corrected chi connectivity index (χ4v) is 11.3. The van der Waals surface area contributed by atoms with Crippen LogP contribution in [0.5, 0.6) is 0 Å². The molecule has 0 radical (unpaired) electrons. The second-order valence-corrected chi connectivity index (χ2v) is 17.0. The van der Waals surface area contributed by atoms with Crippen LogP contribution >= 0.6 is 0 Å². The Hall–Kier alpha value is -8.06. The van der Waals surface area contributed by atoms with Crippen molar-refractivity contribution < 1.29 is 0 Å². The first-order valence-electron chi connectivity index (χ1n) is 21.7. The number of fused-ring (bicyclic) bond motifs is 12. The predicted octanol–water partition coefficient (Wildman–Crippen LogP) is 17.6. The van der Waals surface area contributed by atoms with Crippen molar-refractivity contribution in [3.8, 4) is 44.5 Å². The van der Waals surface area contributed by atoms with Crippen molar-refractivity contribution in [2.75, 3.05) is 0 Å². The number of rotatable bonds is 4. The van der Waals surface area contributed by atoms with Crippen molar-refractivity contribution in [1.29, 1.82) is 0 Å². The van der Waals surface area contributed by atoms with Crippen LogP contribution in [0.25, 0.3) is 141 Å². The standard InChI is InChI=1S/C62H36/c1-3-13-37(14-4-1)39-25-30-42(31-26-39)56-54-36-52-47-20-10-9-19-46(47)48-21-11-23-50(58(48)52)60(54)57(43-32-27-40(28-33-43)38-15-5-2-6-16-38)61-51-24-12-22-49-55-44(35-53(59(49)51)62(56)61)34-29-41-17-7-8-18-45(41)55/h1-36H. The second-order valence-electron chi connectivity index (χ2n) is 17.0. The third-order valence-electron chi connectivity index (χ3n) is 13.9. The van der Waals surface area contributed by atoms with E-state index in [9.17, 15) is 0 Å². The van der Waals surface area contributed by atoms with E-state index in [0.717, 1.165) is 0 Å². The van der Waals surface area contributed by atoms with Crippen molar-refractivity contribution in [3.05, 3.63) is 218 Å². The molecule has 0 heteroatoms. The van der Waals surface area contributed by atoms with Crippen LogP contribution in [0.15, 0.2) is 218 Å². The lowest BCUT2D eigenvalue weighted by Crippen LogP contribution is -1.92. The van der Waals surface area contributed by atoms with E-state index in [4.69, 9.17) is 0 Å². The lowest BCUT2D eigenvalue weighted by Gasteiger charge is -2.19. The van der Waals surface area contributed by atoms with Crippen LogP contribution in [0.2, 0.25) is 0 Å². The van der Waals surface area contributed by atoms with Crippen molar-refractivity contribution in [2.24, 2.45) is 0 Å². The maximum absolute atomic E-state index is 2.55. The minimum absolute atomic E-state index is 1.22. The normalized spacial score (nSPS) is 12.2. The van der Waals surface area contributed by atoms with Gasteiger partial charge in [0, 0.05) is 0 Å². The highest BCUT2D eigenvalue weighted by atomic mass is 14.3. The molecule has 0 unspecified atom stereocenters. The van der Waals surface area contributed by atoms with Gasteiger partial charge in [-0.2, -0.15) is 0 Å². The van der Waals surface area contributed by atoms with Gasteiger partial charge in [0.2, 0.25) is 0 Å². The fraction of sp³-hybridized carbons (Fsp3) is 0. The summed E-state index contributed by atoms with van der Waals surface area (Å²) in [6.45, 7) is 0. The van der Waals surface area contributed by atoms with Crippen LogP contribution in [0, 0.1) is 0 Å². The summed E-state index contributed by atoms with van der Waals surface area (Å²) in [4.78, 5) is 0. The highest BCUT2D eigenvalue weighted by Gasteiger charge is 2.27. The van der Waals surface area contributed by atoms with Crippen LogP contribution < -0.4 is 0 Å². The van der Waals surface area contributed by atoms with E-state index in [-0.39, 0.29) is 0 Å². The molecule has 0 heterocycles. The Labute approximate surface area is 358 Å². The van der Waals surface area contributed by atoms with E-state index in [1.54, 1.807) is 0 Å². The van der Waals surface area contributed by atoms with Crippen molar-refractivity contribution in [1.82, 2.24) is 0 Å². The fourth-order valence-electron chi connectivity index (χ4n) is 11.3. The average Bonchev–Trinajstić information content (AvgIpc) is 3.85. The zero-order valence-electron chi connectivity index (χ0n) is 33.8. The molecule has 0 saturated heterocycles. The molecule has 14 aromatic rings. The molecule has 0 amide bonds. The molecule has 0 aliphatic rings. The SMILES string of the molecule is c1ccc(-c2ccc(-c3c4cc5c6ccccc6c6cccc(c4c(-c4ccc(-c7ccccc7)cc4)c4c7cccc8c9c(ccc%10ccccc%109)cc(c34)c78)c65)cc2)cc1. The van der Waals surface area contributed by atoms with Gasteiger partial charge in [-0.05, 0) is 154 Å². The Balaban J connectivity index is 1.23. The summed E-state index contributed by atoms with van der Waals surface area (Å²) in [7, 11) is 0. The zero-order chi connectivity index (χ0) is 40.5. The van der Waals surface area contributed by atoms with E-state index in [0.29, 0.717) is 0 Å². The van der Waals surface area contributed by atoms with Gasteiger partial charge < -0.3 is 0 Å². The van der Waals surface area contributed by atoms with E-state index < -0.39 is 0 Å². The molecular weight excluding hydrogens is 745 g/mol. The summed E-state index contributed by atoms with van der Waals surface area (Å²) >= 11 is 0. The molecule has 14 aromatic carbocycles.